The molecule has 1 N–H and O–H groups in total. The molecular weight excluding hydrogens is 462 g/mol. The molecule has 5 rings (SSSR count). The first kappa shape index (κ1) is 25.4. The second-order valence-corrected chi connectivity index (χ2v) is 10.6. The lowest BCUT2D eigenvalue weighted by Gasteiger charge is -2.36. The van der Waals surface area contributed by atoms with Crippen LogP contribution in [0.4, 0.5) is 11.6 Å². The lowest BCUT2D eigenvalue weighted by molar-refractivity contribution is 0.249. The Hall–Kier alpha value is -3.23. The maximum Gasteiger partial charge on any atom is 0.253 e. The molecule has 2 fully saturated rings. The third-order valence-electron chi connectivity index (χ3n) is 7.48. The molecule has 0 saturated carbocycles. The van der Waals surface area contributed by atoms with Crippen molar-refractivity contribution in [1.82, 2.24) is 24.8 Å². The second-order valence-electron chi connectivity index (χ2n) is 10.6. The van der Waals surface area contributed by atoms with E-state index in [4.69, 9.17) is 9.97 Å². The fourth-order valence-corrected chi connectivity index (χ4v) is 5.33. The molecule has 3 aromatic rings. The molecule has 0 atom stereocenters. The standard InChI is InChI=1S/C29H39N7O/c1-21(2)28-25(24-17-22(3)29(37)33(4)20-24)6-8-27(32-28)36-15-13-34(14-16-36)19-23-5-7-26(31-18-23)35-11-9-30-10-12-35/h5-8,17-18,20-21,30H,9-16,19H2,1-4H3. The predicted molar refractivity (Wildman–Crippen MR) is 151 cm³/mol. The van der Waals surface area contributed by atoms with Crippen LogP contribution in [0.3, 0.4) is 0 Å². The van der Waals surface area contributed by atoms with Crippen LogP contribution in [-0.4, -0.2) is 71.8 Å². The molecule has 0 amide bonds. The number of hydrogen-bond donors (Lipinski definition) is 1. The fraction of sp³-hybridized carbons (Fsp3) is 0.483. The minimum Gasteiger partial charge on any atom is -0.354 e. The van der Waals surface area contributed by atoms with E-state index in [1.165, 1.54) is 5.56 Å². The first-order chi connectivity index (χ1) is 17.9. The monoisotopic (exact) mass is 501 g/mol. The Morgan fingerprint density at radius 1 is 0.946 bits per heavy atom. The number of piperazine rings is 2. The average molecular weight is 502 g/mol. The van der Waals surface area contributed by atoms with Crippen molar-refractivity contribution in [3.05, 3.63) is 69.9 Å². The van der Waals surface area contributed by atoms with Gasteiger partial charge in [-0.15, -0.1) is 0 Å². The Labute approximate surface area is 220 Å². The summed E-state index contributed by atoms with van der Waals surface area (Å²) in [4.78, 5) is 29.3. The number of aryl methyl sites for hydroxylation is 2. The molecule has 8 nitrogen and oxygen atoms in total. The maximum atomic E-state index is 12.2. The van der Waals surface area contributed by atoms with Crippen molar-refractivity contribution in [1.29, 1.82) is 0 Å². The lowest BCUT2D eigenvalue weighted by atomic mass is 9.97. The van der Waals surface area contributed by atoms with Gasteiger partial charge in [0.1, 0.15) is 11.6 Å². The number of hydrogen-bond acceptors (Lipinski definition) is 7. The first-order valence-corrected chi connectivity index (χ1v) is 13.5. The molecular formula is C29H39N7O. The molecule has 8 heteroatoms. The molecule has 5 heterocycles. The van der Waals surface area contributed by atoms with Crippen molar-refractivity contribution in [3.8, 4) is 11.1 Å². The van der Waals surface area contributed by atoms with Crippen molar-refractivity contribution in [2.45, 2.75) is 33.2 Å². The highest BCUT2D eigenvalue weighted by atomic mass is 16.1. The molecule has 0 aliphatic carbocycles. The van der Waals surface area contributed by atoms with Crippen LogP contribution in [0, 0.1) is 6.92 Å². The predicted octanol–water partition coefficient (Wildman–Crippen LogP) is 3.01. The molecule has 0 aromatic carbocycles. The lowest BCUT2D eigenvalue weighted by Crippen LogP contribution is -2.46. The van der Waals surface area contributed by atoms with E-state index >= 15 is 0 Å². The van der Waals surface area contributed by atoms with Crippen LogP contribution in [0.5, 0.6) is 0 Å². The molecule has 37 heavy (non-hydrogen) atoms. The molecule has 2 aliphatic rings. The highest BCUT2D eigenvalue weighted by Crippen LogP contribution is 2.30. The highest BCUT2D eigenvalue weighted by Gasteiger charge is 2.21. The highest BCUT2D eigenvalue weighted by molar-refractivity contribution is 5.68. The van der Waals surface area contributed by atoms with Crippen LogP contribution in [0.15, 0.2) is 47.5 Å². The van der Waals surface area contributed by atoms with Gasteiger partial charge in [-0.25, -0.2) is 9.97 Å². The maximum absolute atomic E-state index is 12.2. The van der Waals surface area contributed by atoms with Gasteiger partial charge in [-0.3, -0.25) is 9.69 Å². The van der Waals surface area contributed by atoms with E-state index < -0.39 is 0 Å². The van der Waals surface area contributed by atoms with Crippen LogP contribution in [-0.2, 0) is 13.6 Å². The van der Waals surface area contributed by atoms with E-state index in [1.807, 2.05) is 32.4 Å². The summed E-state index contributed by atoms with van der Waals surface area (Å²) in [6.45, 7) is 15.2. The summed E-state index contributed by atoms with van der Waals surface area (Å²) in [6, 6.07) is 10.7. The van der Waals surface area contributed by atoms with E-state index in [9.17, 15) is 4.79 Å². The van der Waals surface area contributed by atoms with E-state index in [0.717, 1.165) is 92.9 Å². The van der Waals surface area contributed by atoms with Gasteiger partial charge in [0.15, 0.2) is 0 Å². The smallest absolute Gasteiger partial charge is 0.253 e. The summed E-state index contributed by atoms with van der Waals surface area (Å²) in [5.74, 6) is 2.40. The third kappa shape index (κ3) is 5.70. The van der Waals surface area contributed by atoms with E-state index in [1.54, 1.807) is 4.57 Å². The van der Waals surface area contributed by atoms with E-state index in [2.05, 4.69) is 58.1 Å². The Balaban J connectivity index is 1.23. The summed E-state index contributed by atoms with van der Waals surface area (Å²) in [6.07, 6.45) is 3.96. The van der Waals surface area contributed by atoms with E-state index in [-0.39, 0.29) is 11.5 Å². The van der Waals surface area contributed by atoms with Crippen LogP contribution < -0.4 is 20.7 Å². The van der Waals surface area contributed by atoms with Gasteiger partial charge in [0.2, 0.25) is 0 Å². The summed E-state index contributed by atoms with van der Waals surface area (Å²) in [5, 5.41) is 3.39. The zero-order chi connectivity index (χ0) is 25.9. The zero-order valence-electron chi connectivity index (χ0n) is 22.6. The molecule has 0 unspecified atom stereocenters. The minimum absolute atomic E-state index is 0.0450. The van der Waals surface area contributed by atoms with Gasteiger partial charge in [-0.2, -0.15) is 0 Å². The van der Waals surface area contributed by atoms with Gasteiger partial charge in [-0.1, -0.05) is 19.9 Å². The largest absolute Gasteiger partial charge is 0.354 e. The number of nitrogens with zero attached hydrogens (tertiary/aromatic N) is 6. The quantitative estimate of drug-likeness (QED) is 0.557. The first-order valence-electron chi connectivity index (χ1n) is 13.5. The van der Waals surface area contributed by atoms with Crippen LogP contribution in [0.25, 0.3) is 11.1 Å². The number of rotatable bonds is 6. The molecule has 2 saturated heterocycles. The van der Waals surface area contributed by atoms with Gasteiger partial charge in [0.25, 0.3) is 5.56 Å². The Morgan fingerprint density at radius 3 is 2.30 bits per heavy atom. The third-order valence-corrected chi connectivity index (χ3v) is 7.48. The molecule has 0 spiro atoms. The fourth-order valence-electron chi connectivity index (χ4n) is 5.33. The van der Waals surface area contributed by atoms with Crippen LogP contribution >= 0.6 is 0 Å². The van der Waals surface area contributed by atoms with Gasteiger partial charge >= 0.3 is 0 Å². The molecule has 3 aromatic heterocycles. The topological polar surface area (TPSA) is 69.5 Å². The number of pyridine rings is 3. The number of nitrogens with one attached hydrogen (secondary N) is 1. The Bertz CT molecular complexity index is 1240. The molecule has 0 bridgehead atoms. The van der Waals surface area contributed by atoms with Crippen molar-refractivity contribution >= 4 is 11.6 Å². The van der Waals surface area contributed by atoms with E-state index in [0.29, 0.717) is 0 Å². The Kier molecular flexibility index (Phi) is 7.58. The van der Waals surface area contributed by atoms with Crippen LogP contribution in [0.1, 0.15) is 36.6 Å². The van der Waals surface area contributed by atoms with Crippen molar-refractivity contribution in [3.63, 3.8) is 0 Å². The number of anilines is 2. The second kappa shape index (κ2) is 11.0. The van der Waals surface area contributed by atoms with Crippen molar-refractivity contribution in [2.75, 3.05) is 62.2 Å². The summed E-state index contributed by atoms with van der Waals surface area (Å²) in [7, 11) is 1.81. The summed E-state index contributed by atoms with van der Waals surface area (Å²) < 4.78 is 1.66. The zero-order valence-corrected chi connectivity index (χ0v) is 22.6. The normalized spacial score (nSPS) is 17.0. The van der Waals surface area contributed by atoms with Gasteiger partial charge in [0, 0.05) is 95.0 Å². The summed E-state index contributed by atoms with van der Waals surface area (Å²) >= 11 is 0. The van der Waals surface area contributed by atoms with Crippen LogP contribution in [0.2, 0.25) is 0 Å². The molecule has 196 valence electrons. The van der Waals surface area contributed by atoms with Gasteiger partial charge < -0.3 is 19.7 Å². The summed E-state index contributed by atoms with van der Waals surface area (Å²) in [5.41, 5.74) is 5.29. The minimum atomic E-state index is 0.0450. The average Bonchev–Trinajstić information content (AvgIpc) is 2.92. The number of aromatic nitrogens is 3. The van der Waals surface area contributed by atoms with Crippen molar-refractivity contribution < 1.29 is 0 Å². The molecule has 2 aliphatic heterocycles. The van der Waals surface area contributed by atoms with Gasteiger partial charge in [-0.05, 0) is 42.7 Å². The SMILES string of the molecule is Cc1cc(-c2ccc(N3CCN(Cc4ccc(N5CCNCC5)nc4)CC3)nc2C(C)C)cn(C)c1=O. The van der Waals surface area contributed by atoms with Crippen molar-refractivity contribution in [2.24, 2.45) is 7.05 Å². The molecule has 0 radical (unpaired) electrons. The van der Waals surface area contributed by atoms with Gasteiger partial charge in [0.05, 0.1) is 5.69 Å². The Morgan fingerprint density at radius 2 is 1.65 bits per heavy atom.